The molecule has 0 aliphatic heterocycles. The Kier molecular flexibility index (Phi) is 4.30. The van der Waals surface area contributed by atoms with Gasteiger partial charge in [0.1, 0.15) is 16.9 Å². The van der Waals surface area contributed by atoms with E-state index >= 15 is 0 Å². The molecule has 0 unspecified atom stereocenters. The molecule has 0 saturated heterocycles. The fourth-order valence-corrected chi connectivity index (χ4v) is 5.07. The molecule has 3 aromatic heterocycles. The van der Waals surface area contributed by atoms with E-state index in [1.807, 2.05) is 24.3 Å². The Balaban J connectivity index is 1.64. The predicted molar refractivity (Wildman–Crippen MR) is 98.0 cm³/mol. The minimum absolute atomic E-state index is 0.258. The van der Waals surface area contributed by atoms with Crippen molar-refractivity contribution in [1.82, 2.24) is 20.2 Å². The van der Waals surface area contributed by atoms with Crippen LogP contribution < -0.4 is 5.56 Å². The number of thioether (sulfide) groups is 2. The van der Waals surface area contributed by atoms with Gasteiger partial charge in [-0.1, -0.05) is 53.9 Å². The number of rotatable bonds is 5. The molecule has 122 valence electrons. The number of nitrogens with zero attached hydrogens (tertiary/aromatic N) is 3. The van der Waals surface area contributed by atoms with Crippen LogP contribution in [0.1, 0.15) is 12.7 Å². The van der Waals surface area contributed by atoms with Gasteiger partial charge in [-0.05, 0) is 17.9 Å². The Bertz CT molecular complexity index is 1070. The molecule has 0 aliphatic rings. The molecule has 0 bridgehead atoms. The number of benzene rings is 1. The number of hydrogen-bond acceptors (Lipinski definition) is 8. The van der Waals surface area contributed by atoms with Gasteiger partial charge >= 0.3 is 0 Å². The van der Waals surface area contributed by atoms with Crippen molar-refractivity contribution in [1.29, 1.82) is 0 Å². The average molecular weight is 376 g/mol. The summed E-state index contributed by atoms with van der Waals surface area (Å²) in [5.74, 6) is 2.10. The number of aromatic nitrogens is 4. The quantitative estimate of drug-likeness (QED) is 0.528. The van der Waals surface area contributed by atoms with Gasteiger partial charge in [-0.15, -0.1) is 10.2 Å². The lowest BCUT2D eigenvalue weighted by Crippen LogP contribution is -2.10. The molecule has 0 radical (unpaired) electrons. The van der Waals surface area contributed by atoms with Gasteiger partial charge in [0, 0.05) is 5.39 Å². The second-order valence-electron chi connectivity index (χ2n) is 4.84. The minimum Gasteiger partial charge on any atom is -0.449 e. The van der Waals surface area contributed by atoms with E-state index in [9.17, 15) is 4.79 Å². The van der Waals surface area contributed by atoms with E-state index in [4.69, 9.17) is 4.42 Å². The van der Waals surface area contributed by atoms with Gasteiger partial charge in [-0.25, -0.2) is 4.98 Å². The molecule has 0 atom stereocenters. The van der Waals surface area contributed by atoms with Crippen molar-refractivity contribution in [2.75, 3.05) is 5.75 Å². The first-order valence-corrected chi connectivity index (χ1v) is 10.0. The maximum Gasteiger partial charge on any atom is 0.294 e. The van der Waals surface area contributed by atoms with E-state index < -0.39 is 0 Å². The lowest BCUT2D eigenvalue weighted by molar-refractivity contribution is 0.660. The van der Waals surface area contributed by atoms with Crippen molar-refractivity contribution in [3.8, 4) is 0 Å². The lowest BCUT2D eigenvalue weighted by Gasteiger charge is -1.98. The summed E-state index contributed by atoms with van der Waals surface area (Å²) in [5.41, 5.74) is 1.28. The van der Waals surface area contributed by atoms with Crippen LogP contribution in [0.15, 0.2) is 42.2 Å². The van der Waals surface area contributed by atoms with Crippen LogP contribution in [0.2, 0.25) is 0 Å². The highest BCUT2D eigenvalue weighted by Gasteiger charge is 2.13. The first-order chi connectivity index (χ1) is 11.7. The summed E-state index contributed by atoms with van der Waals surface area (Å²) in [6.07, 6.45) is 0. The van der Waals surface area contributed by atoms with Gasteiger partial charge in [0.15, 0.2) is 8.68 Å². The third-order valence-corrected chi connectivity index (χ3v) is 6.35. The molecule has 0 saturated carbocycles. The third kappa shape index (κ3) is 2.94. The second-order valence-corrected chi connectivity index (χ2v) is 8.56. The number of aromatic amines is 1. The highest BCUT2D eigenvalue weighted by atomic mass is 32.2. The zero-order chi connectivity index (χ0) is 16.5. The molecule has 9 heteroatoms. The summed E-state index contributed by atoms with van der Waals surface area (Å²) in [6, 6.07) is 7.52. The molecule has 0 amide bonds. The molecule has 24 heavy (non-hydrogen) atoms. The largest absolute Gasteiger partial charge is 0.449 e. The van der Waals surface area contributed by atoms with Gasteiger partial charge in [-0.2, -0.15) is 0 Å². The van der Waals surface area contributed by atoms with Crippen LogP contribution in [0.3, 0.4) is 0 Å². The van der Waals surface area contributed by atoms with Crippen LogP contribution in [0.4, 0.5) is 0 Å². The van der Waals surface area contributed by atoms with Crippen LogP contribution in [0.25, 0.3) is 22.1 Å². The fraction of sp³-hybridized carbons (Fsp3) is 0.200. The van der Waals surface area contributed by atoms with Crippen LogP contribution in [0, 0.1) is 0 Å². The molecule has 0 aliphatic carbocycles. The van der Waals surface area contributed by atoms with Gasteiger partial charge in [0.25, 0.3) is 5.56 Å². The number of fused-ring (bicyclic) bond motifs is 3. The molecule has 1 N–H and O–H groups in total. The number of hydrogen-bond donors (Lipinski definition) is 1. The number of para-hydroxylation sites is 1. The Hall–Kier alpha value is -1.84. The summed E-state index contributed by atoms with van der Waals surface area (Å²) in [4.78, 5) is 19.6. The van der Waals surface area contributed by atoms with Crippen molar-refractivity contribution in [2.24, 2.45) is 0 Å². The molecule has 1 aromatic carbocycles. The summed E-state index contributed by atoms with van der Waals surface area (Å²) < 4.78 is 7.42. The van der Waals surface area contributed by atoms with Crippen LogP contribution >= 0.6 is 34.9 Å². The topological polar surface area (TPSA) is 84.7 Å². The van der Waals surface area contributed by atoms with Crippen molar-refractivity contribution in [2.45, 2.75) is 21.4 Å². The Morgan fingerprint density at radius 2 is 2.00 bits per heavy atom. The average Bonchev–Trinajstić information content (AvgIpc) is 3.18. The molecule has 4 aromatic rings. The molecule has 6 nitrogen and oxygen atoms in total. The minimum atomic E-state index is -0.258. The van der Waals surface area contributed by atoms with Gasteiger partial charge in [0.2, 0.25) is 5.58 Å². The number of furan rings is 1. The maximum atomic E-state index is 12.2. The normalized spacial score (nSPS) is 11.5. The van der Waals surface area contributed by atoms with E-state index in [0.717, 1.165) is 19.8 Å². The molecule has 3 heterocycles. The number of H-pyrrole nitrogens is 1. The lowest BCUT2D eigenvalue weighted by atomic mass is 10.2. The zero-order valence-corrected chi connectivity index (χ0v) is 15.1. The Morgan fingerprint density at radius 1 is 1.21 bits per heavy atom. The van der Waals surface area contributed by atoms with E-state index in [1.54, 1.807) is 23.1 Å². The van der Waals surface area contributed by atoms with Gasteiger partial charge in [-0.3, -0.25) is 4.79 Å². The monoisotopic (exact) mass is 376 g/mol. The summed E-state index contributed by atoms with van der Waals surface area (Å²) in [5, 5.41) is 9.12. The van der Waals surface area contributed by atoms with E-state index in [-0.39, 0.29) is 11.1 Å². The van der Waals surface area contributed by atoms with Gasteiger partial charge in [0.05, 0.1) is 5.75 Å². The molecule has 0 fully saturated rings. The maximum absolute atomic E-state index is 12.2. The van der Waals surface area contributed by atoms with Crippen LogP contribution in [-0.2, 0) is 5.75 Å². The molecule has 4 rings (SSSR count). The third-order valence-electron chi connectivity index (χ3n) is 3.27. The Morgan fingerprint density at radius 3 is 2.83 bits per heavy atom. The first-order valence-electron chi connectivity index (χ1n) is 7.24. The predicted octanol–water partition coefficient (Wildman–Crippen LogP) is 3.93. The standard InChI is InChI=1S/C15H12N4O2S3/c1-2-22-14-18-19-15(24-14)23-7-10-16-11-8-5-3-4-6-9(8)21-12(11)13(20)17-10/h3-6H,2,7H2,1H3,(H,16,17,20). The summed E-state index contributed by atoms with van der Waals surface area (Å²) in [7, 11) is 0. The van der Waals surface area contributed by atoms with Crippen molar-refractivity contribution in [3.05, 3.63) is 40.4 Å². The van der Waals surface area contributed by atoms with E-state index in [0.29, 0.717) is 22.7 Å². The number of nitrogens with one attached hydrogen (secondary N) is 1. The first kappa shape index (κ1) is 15.7. The van der Waals surface area contributed by atoms with E-state index in [2.05, 4.69) is 27.1 Å². The van der Waals surface area contributed by atoms with Crippen molar-refractivity contribution >= 4 is 56.9 Å². The van der Waals surface area contributed by atoms with Crippen molar-refractivity contribution in [3.63, 3.8) is 0 Å². The van der Waals surface area contributed by atoms with Gasteiger partial charge < -0.3 is 9.40 Å². The fourth-order valence-electron chi connectivity index (χ4n) is 2.28. The SMILES string of the molecule is CCSc1nnc(SCc2nc3c(oc4ccccc43)c(=O)[nH]2)s1. The zero-order valence-electron chi connectivity index (χ0n) is 12.6. The second kappa shape index (κ2) is 6.58. The summed E-state index contributed by atoms with van der Waals surface area (Å²) >= 11 is 4.74. The van der Waals surface area contributed by atoms with E-state index in [1.165, 1.54) is 11.8 Å². The van der Waals surface area contributed by atoms with Crippen LogP contribution in [0.5, 0.6) is 0 Å². The molecular formula is C15H12N4O2S3. The Labute approximate surface area is 149 Å². The van der Waals surface area contributed by atoms with Crippen molar-refractivity contribution < 1.29 is 4.42 Å². The van der Waals surface area contributed by atoms with Crippen LogP contribution in [-0.4, -0.2) is 25.9 Å². The molecular weight excluding hydrogens is 364 g/mol. The highest BCUT2D eigenvalue weighted by molar-refractivity contribution is 8.02. The smallest absolute Gasteiger partial charge is 0.294 e. The molecule has 0 spiro atoms. The highest BCUT2D eigenvalue weighted by Crippen LogP contribution is 2.30. The summed E-state index contributed by atoms with van der Waals surface area (Å²) in [6.45, 7) is 2.08.